The van der Waals surface area contributed by atoms with Crippen LogP contribution in [0.5, 0.6) is 11.5 Å². The fourth-order valence-corrected chi connectivity index (χ4v) is 3.03. The molecule has 0 saturated carbocycles. The molecule has 0 atom stereocenters. The van der Waals surface area contributed by atoms with E-state index >= 15 is 0 Å². The number of fused-ring (bicyclic) bond motifs is 1. The highest BCUT2D eigenvalue weighted by atomic mass is 16.7. The maximum Gasteiger partial charge on any atom is 0.323 e. The predicted molar refractivity (Wildman–Crippen MR) is 115 cm³/mol. The zero-order valence-electron chi connectivity index (χ0n) is 16.2. The van der Waals surface area contributed by atoms with Gasteiger partial charge in [-0.2, -0.15) is 0 Å². The van der Waals surface area contributed by atoms with E-state index in [1.807, 2.05) is 48.5 Å². The van der Waals surface area contributed by atoms with E-state index in [0.29, 0.717) is 35.7 Å². The molecule has 0 unspecified atom stereocenters. The van der Waals surface area contributed by atoms with Gasteiger partial charge in [0, 0.05) is 23.5 Å². The molecule has 30 heavy (non-hydrogen) atoms. The number of benzene rings is 3. The molecule has 3 aromatic carbocycles. The minimum atomic E-state index is -0.332. The third-order valence-corrected chi connectivity index (χ3v) is 4.54. The van der Waals surface area contributed by atoms with E-state index < -0.39 is 0 Å². The minimum absolute atomic E-state index is 0.0878. The van der Waals surface area contributed by atoms with Crippen molar-refractivity contribution < 1.29 is 19.1 Å². The van der Waals surface area contributed by atoms with Crippen molar-refractivity contribution in [3.05, 3.63) is 78.4 Å². The van der Waals surface area contributed by atoms with E-state index in [1.54, 1.807) is 24.3 Å². The number of rotatable bonds is 6. The first-order valence-electron chi connectivity index (χ1n) is 9.57. The van der Waals surface area contributed by atoms with E-state index in [4.69, 9.17) is 9.47 Å². The van der Waals surface area contributed by atoms with Crippen molar-refractivity contribution in [3.8, 4) is 11.5 Å². The molecule has 3 aromatic rings. The molecule has 1 aliphatic rings. The quantitative estimate of drug-likeness (QED) is 0.560. The number of amides is 3. The van der Waals surface area contributed by atoms with Gasteiger partial charge in [0.05, 0.1) is 0 Å². The van der Waals surface area contributed by atoms with Gasteiger partial charge in [0.1, 0.15) is 0 Å². The number of ether oxygens (including phenoxy) is 2. The fourth-order valence-electron chi connectivity index (χ4n) is 3.03. The van der Waals surface area contributed by atoms with Crippen LogP contribution in [0.1, 0.15) is 12.0 Å². The van der Waals surface area contributed by atoms with Crippen LogP contribution in [-0.2, 0) is 11.2 Å². The van der Waals surface area contributed by atoms with Crippen molar-refractivity contribution in [3.63, 3.8) is 0 Å². The summed E-state index contributed by atoms with van der Waals surface area (Å²) in [5.41, 5.74) is 3.02. The topological polar surface area (TPSA) is 88.7 Å². The third-order valence-electron chi connectivity index (χ3n) is 4.54. The zero-order chi connectivity index (χ0) is 20.8. The highest BCUT2D eigenvalue weighted by Crippen LogP contribution is 2.32. The van der Waals surface area contributed by atoms with Crippen molar-refractivity contribution in [1.29, 1.82) is 0 Å². The largest absolute Gasteiger partial charge is 0.454 e. The van der Waals surface area contributed by atoms with Gasteiger partial charge >= 0.3 is 6.03 Å². The Morgan fingerprint density at radius 3 is 2.10 bits per heavy atom. The van der Waals surface area contributed by atoms with E-state index in [1.165, 1.54) is 0 Å². The Kier molecular flexibility index (Phi) is 5.80. The van der Waals surface area contributed by atoms with Gasteiger partial charge in [-0.25, -0.2) is 4.79 Å². The average Bonchev–Trinajstić information content (AvgIpc) is 3.22. The lowest BCUT2D eigenvalue weighted by molar-refractivity contribution is -0.116. The molecule has 3 amide bonds. The Morgan fingerprint density at radius 1 is 0.733 bits per heavy atom. The third kappa shape index (κ3) is 5.08. The van der Waals surface area contributed by atoms with Crippen LogP contribution in [0.2, 0.25) is 0 Å². The Balaban J connectivity index is 1.24. The molecule has 0 aliphatic carbocycles. The summed E-state index contributed by atoms with van der Waals surface area (Å²) in [7, 11) is 0. The van der Waals surface area contributed by atoms with Crippen LogP contribution in [0.3, 0.4) is 0 Å². The first-order chi connectivity index (χ1) is 14.7. The molecule has 1 heterocycles. The van der Waals surface area contributed by atoms with Gasteiger partial charge in [0.25, 0.3) is 0 Å². The number of hydrogen-bond donors (Lipinski definition) is 3. The fraction of sp³-hybridized carbons (Fsp3) is 0.130. The van der Waals surface area contributed by atoms with E-state index in [0.717, 1.165) is 11.3 Å². The summed E-state index contributed by atoms with van der Waals surface area (Å²) in [5, 5.41) is 8.36. The molecule has 0 fully saturated rings. The Bertz CT molecular complexity index is 1040. The Hall–Kier alpha value is -4.00. The van der Waals surface area contributed by atoms with Crippen molar-refractivity contribution in [2.45, 2.75) is 12.8 Å². The highest BCUT2D eigenvalue weighted by molar-refractivity contribution is 6.00. The first kappa shape index (κ1) is 19.3. The van der Waals surface area contributed by atoms with Gasteiger partial charge in [-0.1, -0.05) is 24.3 Å². The molecule has 0 spiro atoms. The van der Waals surface area contributed by atoms with Crippen molar-refractivity contribution in [2.75, 3.05) is 22.7 Å². The lowest BCUT2D eigenvalue weighted by Gasteiger charge is -2.09. The number of anilines is 3. The van der Waals surface area contributed by atoms with Gasteiger partial charge < -0.3 is 25.4 Å². The van der Waals surface area contributed by atoms with Crippen LogP contribution in [0.4, 0.5) is 21.9 Å². The molecule has 7 nitrogen and oxygen atoms in total. The number of nitrogens with one attached hydrogen (secondary N) is 3. The minimum Gasteiger partial charge on any atom is -0.454 e. The van der Waals surface area contributed by atoms with E-state index in [9.17, 15) is 9.59 Å². The van der Waals surface area contributed by atoms with Gasteiger partial charge in [-0.15, -0.1) is 0 Å². The maximum atomic E-state index is 12.2. The second-order valence-corrected chi connectivity index (χ2v) is 6.76. The number of carbonyl (C=O) groups is 2. The standard InChI is InChI=1S/C23H21N3O4/c27-22(13-7-16-6-12-20-21(14-16)30-15-29-20)24-18-8-10-19(11-9-18)26-23(28)25-17-4-2-1-3-5-17/h1-6,8-12,14H,7,13,15H2,(H,24,27)(H2,25,26,28). The number of urea groups is 1. The van der Waals surface area contributed by atoms with Crippen molar-refractivity contribution in [2.24, 2.45) is 0 Å². The Labute approximate surface area is 174 Å². The normalized spacial score (nSPS) is 11.6. The summed E-state index contributed by atoms with van der Waals surface area (Å²) < 4.78 is 10.6. The van der Waals surface area contributed by atoms with Crippen molar-refractivity contribution in [1.82, 2.24) is 0 Å². The molecule has 0 bridgehead atoms. The SMILES string of the molecule is O=C(CCc1ccc2c(c1)OCO2)Nc1ccc(NC(=O)Nc2ccccc2)cc1. The maximum absolute atomic E-state index is 12.2. The van der Waals surface area contributed by atoms with Crippen LogP contribution in [0.15, 0.2) is 72.8 Å². The molecule has 152 valence electrons. The summed E-state index contributed by atoms with van der Waals surface area (Å²) in [6.07, 6.45) is 0.945. The molecule has 1 aliphatic heterocycles. The van der Waals surface area contributed by atoms with Crippen molar-refractivity contribution >= 4 is 29.0 Å². The zero-order valence-corrected chi connectivity index (χ0v) is 16.2. The number of carbonyl (C=O) groups excluding carboxylic acids is 2. The predicted octanol–water partition coefficient (Wildman–Crippen LogP) is 4.63. The van der Waals surface area contributed by atoms with Gasteiger partial charge in [-0.3, -0.25) is 4.79 Å². The van der Waals surface area contributed by atoms with E-state index in [-0.39, 0.29) is 18.7 Å². The molecular formula is C23H21N3O4. The molecule has 3 N–H and O–H groups in total. The number of para-hydroxylation sites is 1. The Morgan fingerprint density at radius 2 is 1.37 bits per heavy atom. The summed E-state index contributed by atoms with van der Waals surface area (Å²) in [5.74, 6) is 1.36. The summed E-state index contributed by atoms with van der Waals surface area (Å²) in [6, 6.07) is 21.5. The average molecular weight is 403 g/mol. The molecule has 0 saturated heterocycles. The van der Waals surface area contributed by atoms with Gasteiger partial charge in [-0.05, 0) is 60.5 Å². The lowest BCUT2D eigenvalue weighted by Crippen LogP contribution is -2.19. The second kappa shape index (κ2) is 9.00. The van der Waals surface area contributed by atoms with Gasteiger partial charge in [0.2, 0.25) is 12.7 Å². The van der Waals surface area contributed by atoms with E-state index in [2.05, 4.69) is 16.0 Å². The summed E-state index contributed by atoms with van der Waals surface area (Å²) in [4.78, 5) is 24.3. The number of aryl methyl sites for hydroxylation is 1. The smallest absolute Gasteiger partial charge is 0.323 e. The molecular weight excluding hydrogens is 382 g/mol. The number of hydrogen-bond acceptors (Lipinski definition) is 4. The highest BCUT2D eigenvalue weighted by Gasteiger charge is 2.13. The summed E-state index contributed by atoms with van der Waals surface area (Å²) >= 11 is 0. The lowest BCUT2D eigenvalue weighted by atomic mass is 10.1. The molecule has 0 radical (unpaired) electrons. The van der Waals surface area contributed by atoms with Crippen LogP contribution >= 0.6 is 0 Å². The second-order valence-electron chi connectivity index (χ2n) is 6.76. The van der Waals surface area contributed by atoms with Crippen LogP contribution in [-0.4, -0.2) is 18.7 Å². The summed E-state index contributed by atoms with van der Waals surface area (Å²) in [6.45, 7) is 0.234. The van der Waals surface area contributed by atoms with Crippen LogP contribution in [0.25, 0.3) is 0 Å². The molecule has 7 heteroatoms. The molecule has 4 rings (SSSR count). The first-order valence-corrected chi connectivity index (χ1v) is 9.57. The monoisotopic (exact) mass is 403 g/mol. The molecule has 0 aromatic heterocycles. The van der Waals surface area contributed by atoms with Crippen LogP contribution in [0, 0.1) is 0 Å². The van der Waals surface area contributed by atoms with Gasteiger partial charge in [0.15, 0.2) is 11.5 Å². The van der Waals surface area contributed by atoms with Crippen LogP contribution < -0.4 is 25.4 Å².